The molecule has 0 fully saturated rings. The van der Waals surface area contributed by atoms with E-state index in [9.17, 15) is 9.59 Å². The number of carbonyl (C=O) groups excluding carboxylic acids is 1. The van der Waals surface area contributed by atoms with Gasteiger partial charge in [0.1, 0.15) is 0 Å². The fourth-order valence-electron chi connectivity index (χ4n) is 0.430. The lowest BCUT2D eigenvalue weighted by Crippen LogP contribution is -2.40. The van der Waals surface area contributed by atoms with Crippen molar-refractivity contribution < 1.29 is 19.5 Å². The van der Waals surface area contributed by atoms with Crippen molar-refractivity contribution in [3.8, 4) is 0 Å². The maximum Gasteiger partial charge on any atom is 0.332 e. The van der Waals surface area contributed by atoms with Crippen LogP contribution in [0.2, 0.25) is 0 Å². The summed E-state index contributed by atoms with van der Waals surface area (Å²) in [6.45, 7) is 1.17. The Morgan fingerprint density at radius 3 is 2.67 bits per heavy atom. The predicted octanol–water partition coefficient (Wildman–Crippen LogP) is -1.14. The molecule has 0 aliphatic heterocycles. The summed E-state index contributed by atoms with van der Waals surface area (Å²) >= 11 is 0. The maximum atomic E-state index is 10.8. The van der Waals surface area contributed by atoms with Crippen LogP contribution in [-0.4, -0.2) is 29.6 Å². The molecular formula is C6H12N2O4. The number of carboxylic acid groups (broad SMARTS) is 1. The number of aliphatic carboxylic acids is 1. The Balaban J connectivity index is 3.50. The average Bonchev–Trinajstić information content (AvgIpc) is 2.02. The molecule has 0 aromatic carbocycles. The number of amides is 1. The molecule has 0 aromatic heterocycles. The Hall–Kier alpha value is -1.14. The third-order valence-corrected chi connectivity index (χ3v) is 1.15. The molecule has 0 radical (unpaired) electrons. The van der Waals surface area contributed by atoms with Gasteiger partial charge in [-0.25, -0.2) is 10.3 Å². The minimum atomic E-state index is -1.15. The van der Waals surface area contributed by atoms with Crippen LogP contribution in [0.4, 0.5) is 0 Å². The Morgan fingerprint density at radius 1 is 1.67 bits per heavy atom. The molecule has 6 heteroatoms. The van der Waals surface area contributed by atoms with Gasteiger partial charge in [-0.05, 0) is 6.42 Å². The largest absolute Gasteiger partial charge is 0.479 e. The van der Waals surface area contributed by atoms with Crippen LogP contribution in [0, 0.1) is 0 Å². The van der Waals surface area contributed by atoms with Gasteiger partial charge in [0.15, 0.2) is 6.61 Å². The van der Waals surface area contributed by atoms with Gasteiger partial charge in [0.25, 0.3) is 5.91 Å². The molecule has 6 nitrogen and oxygen atoms in total. The van der Waals surface area contributed by atoms with Crippen LogP contribution in [-0.2, 0) is 14.4 Å². The molecule has 0 saturated heterocycles. The zero-order valence-corrected chi connectivity index (χ0v) is 6.74. The van der Waals surface area contributed by atoms with Crippen molar-refractivity contribution in [3.63, 3.8) is 0 Å². The minimum absolute atomic E-state index is 0.474. The highest BCUT2D eigenvalue weighted by atomic mass is 16.7. The first-order chi connectivity index (χ1) is 5.57. The van der Waals surface area contributed by atoms with Crippen molar-refractivity contribution in [2.45, 2.75) is 19.4 Å². The summed E-state index contributed by atoms with van der Waals surface area (Å²) in [6.07, 6.45) is 0.474. The Kier molecular flexibility index (Phi) is 4.98. The normalized spacial score (nSPS) is 12.2. The molecular weight excluding hydrogens is 164 g/mol. The SMILES string of the molecule is CC[C@H](N)C(=O)NOCC(=O)O. The van der Waals surface area contributed by atoms with Gasteiger partial charge in [0, 0.05) is 0 Å². The van der Waals surface area contributed by atoms with Crippen LogP contribution in [0.5, 0.6) is 0 Å². The van der Waals surface area contributed by atoms with E-state index in [-0.39, 0.29) is 0 Å². The van der Waals surface area contributed by atoms with Crippen molar-refractivity contribution in [3.05, 3.63) is 0 Å². The molecule has 0 unspecified atom stereocenters. The van der Waals surface area contributed by atoms with Gasteiger partial charge in [-0.3, -0.25) is 9.63 Å². The first kappa shape index (κ1) is 10.9. The molecule has 0 saturated carbocycles. The average molecular weight is 176 g/mol. The number of carboxylic acids is 1. The van der Waals surface area contributed by atoms with Crippen LogP contribution in [0.25, 0.3) is 0 Å². The lowest BCUT2D eigenvalue weighted by Gasteiger charge is -2.07. The van der Waals surface area contributed by atoms with Gasteiger partial charge < -0.3 is 10.8 Å². The van der Waals surface area contributed by atoms with Crippen molar-refractivity contribution in [2.24, 2.45) is 5.73 Å². The van der Waals surface area contributed by atoms with E-state index in [1.54, 1.807) is 6.92 Å². The second kappa shape index (κ2) is 5.50. The molecule has 12 heavy (non-hydrogen) atoms. The summed E-state index contributed by atoms with van der Waals surface area (Å²) < 4.78 is 0. The summed E-state index contributed by atoms with van der Waals surface area (Å²) in [5.74, 6) is -1.67. The van der Waals surface area contributed by atoms with Gasteiger partial charge in [-0.2, -0.15) is 0 Å². The van der Waals surface area contributed by atoms with E-state index < -0.39 is 24.5 Å². The Morgan fingerprint density at radius 2 is 2.25 bits per heavy atom. The fourth-order valence-corrected chi connectivity index (χ4v) is 0.430. The number of hydroxylamine groups is 1. The van der Waals surface area contributed by atoms with E-state index in [2.05, 4.69) is 4.84 Å². The quantitative estimate of drug-likeness (QED) is 0.459. The molecule has 0 aliphatic carbocycles. The molecule has 0 bridgehead atoms. The van der Waals surface area contributed by atoms with E-state index in [4.69, 9.17) is 10.8 Å². The number of hydrogen-bond acceptors (Lipinski definition) is 4. The summed E-state index contributed by atoms with van der Waals surface area (Å²) in [4.78, 5) is 25.0. The number of nitrogens with one attached hydrogen (secondary N) is 1. The van der Waals surface area contributed by atoms with Gasteiger partial charge >= 0.3 is 5.97 Å². The van der Waals surface area contributed by atoms with Crippen molar-refractivity contribution in [1.29, 1.82) is 0 Å². The monoisotopic (exact) mass is 176 g/mol. The summed E-state index contributed by atoms with van der Waals surface area (Å²) in [7, 11) is 0. The second-order valence-electron chi connectivity index (χ2n) is 2.16. The van der Waals surface area contributed by atoms with E-state index in [1.807, 2.05) is 5.48 Å². The highest BCUT2D eigenvalue weighted by Gasteiger charge is 2.10. The lowest BCUT2D eigenvalue weighted by molar-refractivity contribution is -0.149. The maximum absolute atomic E-state index is 10.8. The summed E-state index contributed by atoms with van der Waals surface area (Å²) in [5.41, 5.74) is 7.21. The zero-order chi connectivity index (χ0) is 9.56. The molecule has 1 atom stereocenters. The third kappa shape index (κ3) is 4.64. The van der Waals surface area contributed by atoms with Gasteiger partial charge in [0.05, 0.1) is 6.04 Å². The van der Waals surface area contributed by atoms with E-state index in [0.29, 0.717) is 6.42 Å². The second-order valence-corrected chi connectivity index (χ2v) is 2.16. The number of rotatable bonds is 5. The van der Waals surface area contributed by atoms with Gasteiger partial charge in [0.2, 0.25) is 0 Å². The topological polar surface area (TPSA) is 102 Å². The van der Waals surface area contributed by atoms with Crippen LogP contribution < -0.4 is 11.2 Å². The Bertz CT molecular complexity index is 171. The highest BCUT2D eigenvalue weighted by molar-refractivity contribution is 5.80. The van der Waals surface area contributed by atoms with Crippen LogP contribution in [0.3, 0.4) is 0 Å². The van der Waals surface area contributed by atoms with Crippen molar-refractivity contribution >= 4 is 11.9 Å². The molecule has 0 spiro atoms. The van der Waals surface area contributed by atoms with E-state index in [0.717, 1.165) is 0 Å². The van der Waals surface area contributed by atoms with E-state index in [1.165, 1.54) is 0 Å². The predicted molar refractivity (Wildman–Crippen MR) is 40.0 cm³/mol. The van der Waals surface area contributed by atoms with Crippen LogP contribution in [0.1, 0.15) is 13.3 Å². The lowest BCUT2D eigenvalue weighted by atomic mass is 10.2. The van der Waals surface area contributed by atoms with Gasteiger partial charge in [-0.15, -0.1) is 0 Å². The molecule has 0 heterocycles. The van der Waals surface area contributed by atoms with Crippen LogP contribution in [0.15, 0.2) is 0 Å². The van der Waals surface area contributed by atoms with E-state index >= 15 is 0 Å². The summed E-state index contributed by atoms with van der Waals surface area (Å²) in [6, 6.07) is -0.654. The standard InChI is InChI=1S/C6H12N2O4/c1-2-4(7)6(11)8-12-3-5(9)10/h4H,2-3,7H2,1H3,(H,8,11)(H,9,10)/t4-/m0/s1. The van der Waals surface area contributed by atoms with Crippen molar-refractivity contribution in [2.75, 3.05) is 6.61 Å². The first-order valence-electron chi connectivity index (χ1n) is 3.47. The molecule has 0 rings (SSSR count). The minimum Gasteiger partial charge on any atom is -0.479 e. The van der Waals surface area contributed by atoms with Crippen molar-refractivity contribution in [1.82, 2.24) is 5.48 Å². The smallest absolute Gasteiger partial charge is 0.332 e. The zero-order valence-electron chi connectivity index (χ0n) is 6.74. The third-order valence-electron chi connectivity index (χ3n) is 1.15. The number of carbonyl (C=O) groups is 2. The molecule has 4 N–H and O–H groups in total. The highest BCUT2D eigenvalue weighted by Crippen LogP contribution is 1.84. The number of hydrogen-bond donors (Lipinski definition) is 3. The van der Waals surface area contributed by atoms with Gasteiger partial charge in [-0.1, -0.05) is 6.92 Å². The fraction of sp³-hybridized carbons (Fsp3) is 0.667. The van der Waals surface area contributed by atoms with Crippen LogP contribution >= 0.6 is 0 Å². The summed E-state index contributed by atoms with van der Waals surface area (Å²) in [5, 5.41) is 8.11. The Labute approximate surface area is 69.6 Å². The first-order valence-corrected chi connectivity index (χ1v) is 3.47. The molecule has 0 aromatic rings. The molecule has 1 amide bonds. The molecule has 70 valence electrons. The number of nitrogens with two attached hydrogens (primary N) is 1. The molecule has 0 aliphatic rings.